The van der Waals surface area contributed by atoms with Crippen LogP contribution < -0.4 is 0 Å². The van der Waals surface area contributed by atoms with Gasteiger partial charge in [0.25, 0.3) is 0 Å². The summed E-state index contributed by atoms with van der Waals surface area (Å²) >= 11 is 5.92. The number of nitrogens with zero attached hydrogens (tertiary/aromatic N) is 1. The molecule has 4 heteroatoms. The van der Waals surface area contributed by atoms with E-state index < -0.39 is 11.7 Å². The molecule has 1 aliphatic rings. The summed E-state index contributed by atoms with van der Waals surface area (Å²) in [7, 11) is 0. The van der Waals surface area contributed by atoms with E-state index in [1.165, 1.54) is 0 Å². The maximum atomic E-state index is 10.9. The third-order valence-electron chi connectivity index (χ3n) is 4.68. The van der Waals surface area contributed by atoms with Crippen molar-refractivity contribution in [2.24, 2.45) is 0 Å². The third kappa shape index (κ3) is 3.93. The maximum Gasteiger partial charge on any atom is 0.0920 e. The summed E-state index contributed by atoms with van der Waals surface area (Å²) in [6.45, 7) is 2.13. The molecule has 2 N–H and O–H groups in total. The van der Waals surface area contributed by atoms with Gasteiger partial charge in [0.2, 0.25) is 0 Å². The molecule has 1 saturated heterocycles. The number of likely N-dealkylation sites (tertiary alicyclic amines) is 1. The zero-order valence-corrected chi connectivity index (χ0v) is 13.8. The van der Waals surface area contributed by atoms with Crippen LogP contribution in [-0.2, 0) is 5.60 Å². The van der Waals surface area contributed by atoms with Gasteiger partial charge in [0.1, 0.15) is 0 Å². The first-order chi connectivity index (χ1) is 11.1. The van der Waals surface area contributed by atoms with E-state index in [1.807, 2.05) is 54.6 Å². The van der Waals surface area contributed by atoms with E-state index in [2.05, 4.69) is 4.90 Å². The Kier molecular flexibility index (Phi) is 5.02. The Bertz CT molecular complexity index is 622. The molecule has 122 valence electrons. The summed E-state index contributed by atoms with van der Waals surface area (Å²) in [5.41, 5.74) is 1.06. The van der Waals surface area contributed by atoms with Crippen molar-refractivity contribution in [3.8, 4) is 0 Å². The van der Waals surface area contributed by atoms with Crippen molar-refractivity contribution < 1.29 is 10.2 Å². The van der Waals surface area contributed by atoms with Crippen molar-refractivity contribution in [3.05, 3.63) is 70.7 Å². The number of rotatable bonds is 4. The summed E-state index contributed by atoms with van der Waals surface area (Å²) in [4.78, 5) is 2.21. The fourth-order valence-corrected chi connectivity index (χ4v) is 3.31. The predicted molar refractivity (Wildman–Crippen MR) is 92.4 cm³/mol. The molecule has 2 aromatic rings. The second kappa shape index (κ2) is 7.02. The highest BCUT2D eigenvalue weighted by molar-refractivity contribution is 6.30. The van der Waals surface area contributed by atoms with Crippen molar-refractivity contribution >= 4 is 11.6 Å². The average molecular weight is 332 g/mol. The SMILES string of the molecule is O[C@@H](CN1CCC(O)(c2ccc(Cl)cc2)CC1)c1ccccc1. The summed E-state index contributed by atoms with van der Waals surface area (Å²) in [5.74, 6) is 0. The smallest absolute Gasteiger partial charge is 0.0920 e. The quantitative estimate of drug-likeness (QED) is 0.903. The minimum atomic E-state index is -0.793. The molecule has 3 rings (SSSR count). The lowest BCUT2D eigenvalue weighted by Crippen LogP contribution is -2.43. The second-order valence-corrected chi connectivity index (χ2v) is 6.70. The van der Waals surface area contributed by atoms with Crippen LogP contribution in [0.15, 0.2) is 54.6 Å². The van der Waals surface area contributed by atoms with Crippen LogP contribution in [0.4, 0.5) is 0 Å². The molecule has 1 heterocycles. The first-order valence-electron chi connectivity index (χ1n) is 8.01. The molecule has 0 saturated carbocycles. The monoisotopic (exact) mass is 331 g/mol. The van der Waals surface area contributed by atoms with Gasteiger partial charge in [0.05, 0.1) is 11.7 Å². The van der Waals surface area contributed by atoms with Crippen LogP contribution in [-0.4, -0.2) is 34.7 Å². The van der Waals surface area contributed by atoms with Crippen molar-refractivity contribution in [3.63, 3.8) is 0 Å². The van der Waals surface area contributed by atoms with Gasteiger partial charge in [-0.25, -0.2) is 0 Å². The molecule has 0 unspecified atom stereocenters. The van der Waals surface area contributed by atoms with Gasteiger partial charge < -0.3 is 15.1 Å². The summed E-state index contributed by atoms with van der Waals surface area (Å²) < 4.78 is 0. The second-order valence-electron chi connectivity index (χ2n) is 6.27. The van der Waals surface area contributed by atoms with Crippen LogP contribution in [0, 0.1) is 0 Å². The van der Waals surface area contributed by atoms with Crippen molar-refractivity contribution in [2.75, 3.05) is 19.6 Å². The molecule has 0 spiro atoms. The van der Waals surface area contributed by atoms with E-state index in [4.69, 9.17) is 11.6 Å². The summed E-state index contributed by atoms with van der Waals surface area (Å²) in [6, 6.07) is 17.1. The fourth-order valence-electron chi connectivity index (χ4n) is 3.18. The molecule has 2 aromatic carbocycles. The number of aliphatic hydroxyl groups excluding tert-OH is 1. The van der Waals surface area contributed by atoms with Crippen LogP contribution in [0.5, 0.6) is 0 Å². The molecule has 0 radical (unpaired) electrons. The molecule has 23 heavy (non-hydrogen) atoms. The molecule has 1 aliphatic heterocycles. The number of aliphatic hydroxyl groups is 2. The van der Waals surface area contributed by atoms with Gasteiger partial charge in [-0.05, 0) is 36.1 Å². The molecular formula is C19H22ClNO2. The Morgan fingerprint density at radius 2 is 1.61 bits per heavy atom. The van der Waals surface area contributed by atoms with Crippen LogP contribution in [0.25, 0.3) is 0 Å². The van der Waals surface area contributed by atoms with Gasteiger partial charge in [0.15, 0.2) is 0 Å². The van der Waals surface area contributed by atoms with Crippen LogP contribution in [0.2, 0.25) is 5.02 Å². The van der Waals surface area contributed by atoms with Crippen molar-refractivity contribution in [2.45, 2.75) is 24.5 Å². The molecule has 0 aromatic heterocycles. The highest BCUT2D eigenvalue weighted by atomic mass is 35.5. The molecular weight excluding hydrogens is 310 g/mol. The fraction of sp³-hybridized carbons (Fsp3) is 0.368. The van der Waals surface area contributed by atoms with Crippen LogP contribution in [0.3, 0.4) is 0 Å². The lowest BCUT2D eigenvalue weighted by molar-refractivity contribution is -0.0344. The molecule has 0 bridgehead atoms. The Morgan fingerprint density at radius 1 is 1.00 bits per heavy atom. The molecule has 0 aliphatic carbocycles. The van der Waals surface area contributed by atoms with E-state index in [-0.39, 0.29) is 0 Å². The standard InChI is InChI=1S/C19H22ClNO2/c20-17-8-6-16(7-9-17)19(23)10-12-21(13-11-19)14-18(22)15-4-2-1-3-5-15/h1-9,18,22-23H,10-14H2/t18-/m0/s1. The number of piperidine rings is 1. The normalized spacial score (nSPS) is 19.4. The third-order valence-corrected chi connectivity index (χ3v) is 4.93. The predicted octanol–water partition coefficient (Wildman–Crippen LogP) is 3.36. The molecule has 0 amide bonds. The first kappa shape index (κ1) is 16.5. The maximum absolute atomic E-state index is 10.9. The van der Waals surface area contributed by atoms with Crippen molar-refractivity contribution in [1.29, 1.82) is 0 Å². The van der Waals surface area contributed by atoms with Gasteiger partial charge >= 0.3 is 0 Å². The van der Waals surface area contributed by atoms with Gasteiger partial charge in [-0.15, -0.1) is 0 Å². The zero-order chi connectivity index (χ0) is 16.3. The zero-order valence-electron chi connectivity index (χ0n) is 13.0. The van der Waals surface area contributed by atoms with Crippen LogP contribution >= 0.6 is 11.6 Å². The number of benzene rings is 2. The van der Waals surface area contributed by atoms with E-state index >= 15 is 0 Å². The number of β-amino-alcohol motifs (C(OH)–C–C–N with tert-alkyl or cyclic N) is 1. The van der Waals surface area contributed by atoms with E-state index in [0.29, 0.717) is 24.4 Å². The lowest BCUT2D eigenvalue weighted by atomic mass is 9.84. The lowest BCUT2D eigenvalue weighted by Gasteiger charge is -2.39. The molecule has 1 atom stereocenters. The average Bonchev–Trinajstić information content (AvgIpc) is 2.58. The Morgan fingerprint density at radius 3 is 2.22 bits per heavy atom. The Labute approximate surface area is 142 Å². The van der Waals surface area contributed by atoms with Gasteiger partial charge in [-0.1, -0.05) is 54.1 Å². The minimum absolute atomic E-state index is 0.488. The van der Waals surface area contributed by atoms with Gasteiger partial charge in [0, 0.05) is 24.7 Å². The van der Waals surface area contributed by atoms with E-state index in [9.17, 15) is 10.2 Å². The van der Waals surface area contributed by atoms with Crippen molar-refractivity contribution in [1.82, 2.24) is 4.90 Å². The molecule has 1 fully saturated rings. The Hall–Kier alpha value is -1.39. The number of halogens is 1. The largest absolute Gasteiger partial charge is 0.387 e. The van der Waals surface area contributed by atoms with Crippen LogP contribution in [0.1, 0.15) is 30.1 Å². The number of hydrogen-bond donors (Lipinski definition) is 2. The van der Waals surface area contributed by atoms with Gasteiger partial charge in [-0.2, -0.15) is 0 Å². The topological polar surface area (TPSA) is 43.7 Å². The number of hydrogen-bond acceptors (Lipinski definition) is 3. The highest BCUT2D eigenvalue weighted by Crippen LogP contribution is 2.33. The van der Waals surface area contributed by atoms with E-state index in [0.717, 1.165) is 24.2 Å². The molecule has 3 nitrogen and oxygen atoms in total. The Balaban J connectivity index is 1.59. The van der Waals surface area contributed by atoms with E-state index in [1.54, 1.807) is 0 Å². The highest BCUT2D eigenvalue weighted by Gasteiger charge is 2.34. The summed E-state index contributed by atoms with van der Waals surface area (Å²) in [6.07, 6.45) is 0.838. The summed E-state index contributed by atoms with van der Waals surface area (Å²) in [5, 5.41) is 21.9. The van der Waals surface area contributed by atoms with Gasteiger partial charge in [-0.3, -0.25) is 0 Å². The minimum Gasteiger partial charge on any atom is -0.387 e. The first-order valence-corrected chi connectivity index (χ1v) is 8.38.